The van der Waals surface area contributed by atoms with Crippen LogP contribution in [0.2, 0.25) is 0 Å². The number of hydrogen-bond acceptors (Lipinski definition) is 2. The van der Waals surface area contributed by atoms with Crippen molar-refractivity contribution in [2.24, 2.45) is 4.99 Å². The third-order valence-corrected chi connectivity index (χ3v) is 3.33. The first-order valence-electron chi connectivity index (χ1n) is 7.67. The number of halogens is 3. The molecule has 0 atom stereocenters. The number of hydrogen-bond donors (Lipinski definition) is 2. The molecule has 0 radical (unpaired) electrons. The highest BCUT2D eigenvalue weighted by molar-refractivity contribution is 5.79. The maximum Gasteiger partial charge on any atom is 0.319 e. The first kappa shape index (κ1) is 17.8. The highest BCUT2D eigenvalue weighted by atomic mass is 19.3. The summed E-state index contributed by atoms with van der Waals surface area (Å²) >= 11 is 0. The number of alkyl halides is 2. The molecule has 0 aliphatic carbocycles. The Labute approximate surface area is 138 Å². The van der Waals surface area contributed by atoms with Crippen LogP contribution in [0, 0.1) is 5.82 Å². The van der Waals surface area contributed by atoms with E-state index in [0.717, 1.165) is 4.57 Å². The highest BCUT2D eigenvalue weighted by Crippen LogP contribution is 2.12. The van der Waals surface area contributed by atoms with Gasteiger partial charge in [0.05, 0.1) is 0 Å². The first-order valence-corrected chi connectivity index (χ1v) is 7.67. The molecule has 0 saturated heterocycles. The van der Waals surface area contributed by atoms with E-state index < -0.39 is 6.55 Å². The predicted molar refractivity (Wildman–Crippen MR) is 86.4 cm³/mol. The van der Waals surface area contributed by atoms with E-state index in [-0.39, 0.29) is 18.2 Å². The average molecular weight is 339 g/mol. The summed E-state index contributed by atoms with van der Waals surface area (Å²) < 4.78 is 39.9. The predicted octanol–water partition coefficient (Wildman–Crippen LogP) is 2.72. The summed E-state index contributed by atoms with van der Waals surface area (Å²) in [4.78, 5) is 8.12. The molecule has 0 amide bonds. The monoisotopic (exact) mass is 339 g/mol. The summed E-state index contributed by atoms with van der Waals surface area (Å²) in [6.07, 6.45) is 3.02. The van der Waals surface area contributed by atoms with E-state index in [4.69, 9.17) is 0 Å². The molecule has 8 heteroatoms. The second-order valence-corrected chi connectivity index (χ2v) is 4.99. The summed E-state index contributed by atoms with van der Waals surface area (Å²) in [5, 5.41) is 6.07. The number of guanidine groups is 1. The van der Waals surface area contributed by atoms with E-state index in [1.165, 1.54) is 18.5 Å². The lowest BCUT2D eigenvalue weighted by molar-refractivity contribution is 0.0671. The Morgan fingerprint density at radius 2 is 2.08 bits per heavy atom. The maximum absolute atomic E-state index is 13.6. The van der Waals surface area contributed by atoms with E-state index in [1.807, 2.05) is 6.92 Å². The Kier molecular flexibility index (Phi) is 6.65. The van der Waals surface area contributed by atoms with Crippen LogP contribution in [0.1, 0.15) is 24.9 Å². The zero-order valence-electron chi connectivity index (χ0n) is 13.3. The maximum atomic E-state index is 13.6. The third kappa shape index (κ3) is 5.00. The Hall–Kier alpha value is -2.51. The molecule has 0 aliphatic rings. The second kappa shape index (κ2) is 8.95. The lowest BCUT2D eigenvalue weighted by atomic mass is 10.1. The summed E-state index contributed by atoms with van der Waals surface area (Å²) in [7, 11) is 0. The number of aromatic nitrogens is 2. The van der Waals surface area contributed by atoms with Gasteiger partial charge < -0.3 is 10.6 Å². The number of nitrogens with one attached hydrogen (secondary N) is 2. The molecule has 2 aromatic rings. The van der Waals surface area contributed by atoms with Gasteiger partial charge in [0.25, 0.3) is 0 Å². The molecule has 2 rings (SSSR count). The van der Waals surface area contributed by atoms with Crippen molar-refractivity contribution in [1.82, 2.24) is 20.2 Å². The molecule has 5 nitrogen and oxygen atoms in total. The lowest BCUT2D eigenvalue weighted by Gasteiger charge is -2.12. The van der Waals surface area contributed by atoms with Crippen LogP contribution in [0.25, 0.3) is 0 Å². The molecule has 0 aliphatic heterocycles. The lowest BCUT2D eigenvalue weighted by Crippen LogP contribution is -2.38. The first-order chi connectivity index (χ1) is 11.6. The summed E-state index contributed by atoms with van der Waals surface area (Å²) in [6.45, 7) is 0.361. The number of imidazole rings is 1. The van der Waals surface area contributed by atoms with Gasteiger partial charge >= 0.3 is 6.55 Å². The molecular formula is C16H20F3N5. The molecule has 0 fully saturated rings. The van der Waals surface area contributed by atoms with Crippen LogP contribution in [0.3, 0.4) is 0 Å². The smallest absolute Gasteiger partial charge is 0.319 e. The van der Waals surface area contributed by atoms with Crippen molar-refractivity contribution in [1.29, 1.82) is 0 Å². The van der Waals surface area contributed by atoms with E-state index in [1.54, 1.807) is 18.2 Å². The SMILES string of the molecule is CCNC(=NCc1nccn1C(F)F)NCCc1ccccc1F. The van der Waals surface area contributed by atoms with E-state index in [9.17, 15) is 13.2 Å². The van der Waals surface area contributed by atoms with Gasteiger partial charge in [-0.05, 0) is 25.0 Å². The van der Waals surface area contributed by atoms with Crippen molar-refractivity contribution in [2.75, 3.05) is 13.1 Å². The van der Waals surface area contributed by atoms with Gasteiger partial charge in [-0.2, -0.15) is 8.78 Å². The van der Waals surface area contributed by atoms with E-state index >= 15 is 0 Å². The number of benzene rings is 1. The molecule has 24 heavy (non-hydrogen) atoms. The van der Waals surface area contributed by atoms with Crippen molar-refractivity contribution >= 4 is 5.96 Å². The van der Waals surface area contributed by atoms with Gasteiger partial charge in [-0.15, -0.1) is 0 Å². The fourth-order valence-corrected chi connectivity index (χ4v) is 2.15. The van der Waals surface area contributed by atoms with Gasteiger partial charge in [0.1, 0.15) is 18.2 Å². The van der Waals surface area contributed by atoms with Gasteiger partial charge in [-0.25, -0.2) is 14.4 Å². The Morgan fingerprint density at radius 1 is 1.29 bits per heavy atom. The number of aliphatic imine (C=N–C) groups is 1. The number of nitrogens with zero attached hydrogens (tertiary/aromatic N) is 3. The largest absolute Gasteiger partial charge is 0.357 e. The fraction of sp³-hybridized carbons (Fsp3) is 0.375. The normalized spacial score (nSPS) is 11.8. The summed E-state index contributed by atoms with van der Waals surface area (Å²) in [6, 6.07) is 6.56. The Balaban J connectivity index is 1.93. The Bertz CT molecular complexity index is 669. The average Bonchev–Trinajstić information content (AvgIpc) is 3.03. The second-order valence-electron chi connectivity index (χ2n) is 4.99. The van der Waals surface area contributed by atoms with Crippen molar-refractivity contribution in [2.45, 2.75) is 26.4 Å². The minimum absolute atomic E-state index is 0.0202. The minimum Gasteiger partial charge on any atom is -0.357 e. The molecule has 0 saturated carbocycles. The Morgan fingerprint density at radius 3 is 2.79 bits per heavy atom. The molecule has 2 N–H and O–H groups in total. The molecule has 130 valence electrons. The topological polar surface area (TPSA) is 54.2 Å². The van der Waals surface area contributed by atoms with Crippen LogP contribution < -0.4 is 10.6 Å². The van der Waals surface area contributed by atoms with Crippen LogP contribution in [-0.4, -0.2) is 28.6 Å². The summed E-state index contributed by atoms with van der Waals surface area (Å²) in [5.74, 6) is 0.397. The van der Waals surface area contributed by atoms with Crippen molar-refractivity contribution in [3.05, 3.63) is 53.9 Å². The van der Waals surface area contributed by atoms with Crippen LogP contribution in [0.5, 0.6) is 0 Å². The zero-order chi connectivity index (χ0) is 17.4. The molecular weight excluding hydrogens is 319 g/mol. The summed E-state index contributed by atoms with van der Waals surface area (Å²) in [5.41, 5.74) is 0.606. The molecule has 0 spiro atoms. The van der Waals surface area contributed by atoms with Crippen molar-refractivity contribution < 1.29 is 13.2 Å². The van der Waals surface area contributed by atoms with Crippen molar-refractivity contribution in [3.63, 3.8) is 0 Å². The minimum atomic E-state index is -2.64. The van der Waals surface area contributed by atoms with Crippen molar-refractivity contribution in [3.8, 4) is 0 Å². The molecule has 0 bridgehead atoms. The van der Waals surface area contributed by atoms with Gasteiger partial charge in [-0.1, -0.05) is 18.2 Å². The number of rotatable bonds is 7. The van der Waals surface area contributed by atoms with Gasteiger partial charge in [0.2, 0.25) is 0 Å². The van der Waals surface area contributed by atoms with Crippen LogP contribution in [0.4, 0.5) is 13.2 Å². The van der Waals surface area contributed by atoms with E-state index in [2.05, 4.69) is 20.6 Å². The quantitative estimate of drug-likeness (QED) is 0.602. The zero-order valence-corrected chi connectivity index (χ0v) is 13.3. The van der Waals surface area contributed by atoms with Crippen LogP contribution >= 0.6 is 0 Å². The van der Waals surface area contributed by atoms with Crippen LogP contribution in [0.15, 0.2) is 41.7 Å². The molecule has 1 heterocycles. The van der Waals surface area contributed by atoms with Crippen LogP contribution in [-0.2, 0) is 13.0 Å². The molecule has 1 aromatic carbocycles. The molecule has 1 aromatic heterocycles. The third-order valence-electron chi connectivity index (χ3n) is 3.33. The van der Waals surface area contributed by atoms with Gasteiger partial charge in [-0.3, -0.25) is 4.57 Å². The highest BCUT2D eigenvalue weighted by Gasteiger charge is 2.11. The van der Waals surface area contributed by atoms with E-state index in [0.29, 0.717) is 31.0 Å². The fourth-order valence-electron chi connectivity index (χ4n) is 2.15. The van der Waals surface area contributed by atoms with Gasteiger partial charge in [0.15, 0.2) is 5.96 Å². The standard InChI is InChI=1S/C16H20F3N5/c1-2-20-16(22-8-7-12-5-3-4-6-13(12)17)23-11-14-21-9-10-24(14)15(18)19/h3-6,9-10,15H,2,7-8,11H2,1H3,(H2,20,22,23). The van der Waals surface area contributed by atoms with Gasteiger partial charge in [0, 0.05) is 25.5 Å². The molecule has 0 unspecified atom stereocenters.